The second kappa shape index (κ2) is 8.17. The number of aryl methyl sites for hydroxylation is 2. The van der Waals surface area contributed by atoms with Crippen molar-refractivity contribution in [3.8, 4) is 0 Å². The maximum absolute atomic E-state index is 12.7. The first kappa shape index (κ1) is 19.9. The largest absolute Gasteiger partial charge is 0.359 e. The molecule has 0 radical (unpaired) electrons. The van der Waals surface area contributed by atoms with Gasteiger partial charge in [-0.2, -0.15) is 0 Å². The first-order chi connectivity index (χ1) is 14.4. The summed E-state index contributed by atoms with van der Waals surface area (Å²) in [7, 11) is 0. The van der Waals surface area contributed by atoms with Crippen molar-refractivity contribution in [1.82, 2.24) is 20.3 Å². The molecule has 0 bridgehead atoms. The highest BCUT2D eigenvalue weighted by molar-refractivity contribution is 6.01. The molecule has 158 valence electrons. The zero-order valence-electron chi connectivity index (χ0n) is 17.2. The molecule has 1 fully saturated rings. The molecular formula is C21H25N5O4. The molecular weight excluding hydrogens is 386 g/mol. The van der Waals surface area contributed by atoms with E-state index in [9.17, 15) is 14.4 Å². The minimum absolute atomic E-state index is 0.00748. The standard InChI is InChI=1S/C21H25N5O4/c1-13-5-3-6-14(2)19(13)23-20-15-12-25(10-8-16(15)30-24-20)17(27)7-4-9-26-18(28)11-22-21(26)29/h3,5-6H,4,7-12H2,1-2H3,(H,22,29)(H,23,24). The van der Waals surface area contributed by atoms with Crippen LogP contribution in [0, 0.1) is 13.8 Å². The number of nitrogens with zero attached hydrogens (tertiary/aromatic N) is 3. The van der Waals surface area contributed by atoms with E-state index in [2.05, 4.69) is 15.8 Å². The highest BCUT2D eigenvalue weighted by atomic mass is 16.5. The minimum Gasteiger partial charge on any atom is -0.359 e. The molecule has 9 nitrogen and oxygen atoms in total. The lowest BCUT2D eigenvalue weighted by Gasteiger charge is -2.26. The van der Waals surface area contributed by atoms with Gasteiger partial charge in [0.25, 0.3) is 0 Å². The number of rotatable bonds is 6. The predicted molar refractivity (Wildman–Crippen MR) is 109 cm³/mol. The lowest BCUT2D eigenvalue weighted by Crippen LogP contribution is -2.37. The van der Waals surface area contributed by atoms with Crippen LogP contribution in [0.4, 0.5) is 16.3 Å². The van der Waals surface area contributed by atoms with Crippen LogP contribution in [0.1, 0.15) is 35.3 Å². The number of para-hydroxylation sites is 1. The lowest BCUT2D eigenvalue weighted by atomic mass is 10.1. The monoisotopic (exact) mass is 411 g/mol. The van der Waals surface area contributed by atoms with Crippen molar-refractivity contribution in [2.24, 2.45) is 0 Å². The van der Waals surface area contributed by atoms with E-state index in [0.29, 0.717) is 31.7 Å². The fourth-order valence-electron chi connectivity index (χ4n) is 3.88. The number of nitrogens with one attached hydrogen (secondary N) is 2. The summed E-state index contributed by atoms with van der Waals surface area (Å²) < 4.78 is 5.50. The van der Waals surface area contributed by atoms with E-state index in [1.807, 2.05) is 32.0 Å². The number of fused-ring (bicyclic) bond motifs is 1. The Kier molecular flexibility index (Phi) is 5.43. The Morgan fingerprint density at radius 3 is 2.73 bits per heavy atom. The molecule has 2 aromatic rings. The number of urea groups is 1. The number of carbonyl (C=O) groups excluding carboxylic acids is 3. The summed E-state index contributed by atoms with van der Waals surface area (Å²) in [5, 5.41) is 10.0. The molecule has 1 aromatic carbocycles. The van der Waals surface area contributed by atoms with Crippen molar-refractivity contribution >= 4 is 29.4 Å². The molecule has 0 unspecified atom stereocenters. The Morgan fingerprint density at radius 1 is 1.27 bits per heavy atom. The summed E-state index contributed by atoms with van der Waals surface area (Å²) in [6.45, 7) is 5.33. The molecule has 2 aliphatic rings. The van der Waals surface area contributed by atoms with Gasteiger partial charge in [-0.05, 0) is 31.4 Å². The summed E-state index contributed by atoms with van der Waals surface area (Å²) >= 11 is 0. The topological polar surface area (TPSA) is 108 Å². The maximum Gasteiger partial charge on any atom is 0.324 e. The zero-order valence-corrected chi connectivity index (χ0v) is 17.2. The quantitative estimate of drug-likeness (QED) is 0.706. The molecule has 0 saturated carbocycles. The van der Waals surface area contributed by atoms with E-state index >= 15 is 0 Å². The van der Waals surface area contributed by atoms with Crippen LogP contribution in [0.5, 0.6) is 0 Å². The molecule has 3 heterocycles. The van der Waals surface area contributed by atoms with E-state index in [1.165, 1.54) is 0 Å². The fourth-order valence-corrected chi connectivity index (χ4v) is 3.88. The zero-order chi connectivity index (χ0) is 21.3. The molecule has 1 aromatic heterocycles. The van der Waals surface area contributed by atoms with E-state index in [4.69, 9.17) is 4.52 Å². The lowest BCUT2D eigenvalue weighted by molar-refractivity contribution is -0.133. The summed E-state index contributed by atoms with van der Waals surface area (Å²) in [5.74, 6) is 1.18. The third-order valence-electron chi connectivity index (χ3n) is 5.61. The van der Waals surface area contributed by atoms with Crippen molar-refractivity contribution in [2.45, 2.75) is 39.7 Å². The molecule has 4 rings (SSSR count). The van der Waals surface area contributed by atoms with Gasteiger partial charge in [-0.25, -0.2) is 4.79 Å². The number of imide groups is 1. The highest BCUT2D eigenvalue weighted by Crippen LogP contribution is 2.31. The van der Waals surface area contributed by atoms with Gasteiger partial charge < -0.3 is 20.1 Å². The van der Waals surface area contributed by atoms with Gasteiger partial charge in [-0.3, -0.25) is 14.5 Å². The van der Waals surface area contributed by atoms with Crippen LogP contribution in [0.15, 0.2) is 22.7 Å². The number of hydrogen-bond acceptors (Lipinski definition) is 6. The minimum atomic E-state index is -0.387. The first-order valence-corrected chi connectivity index (χ1v) is 10.1. The summed E-state index contributed by atoms with van der Waals surface area (Å²) in [6, 6.07) is 5.68. The van der Waals surface area contributed by atoms with Crippen molar-refractivity contribution in [3.63, 3.8) is 0 Å². The van der Waals surface area contributed by atoms with Crippen molar-refractivity contribution in [2.75, 3.05) is 25.0 Å². The molecule has 2 aliphatic heterocycles. The Labute approximate surface area is 174 Å². The molecule has 30 heavy (non-hydrogen) atoms. The van der Waals surface area contributed by atoms with Crippen LogP contribution in [-0.2, 0) is 22.6 Å². The van der Waals surface area contributed by atoms with E-state index in [1.54, 1.807) is 4.90 Å². The molecule has 2 N–H and O–H groups in total. The van der Waals surface area contributed by atoms with Crippen LogP contribution >= 0.6 is 0 Å². The van der Waals surface area contributed by atoms with Crippen LogP contribution in [-0.4, -0.2) is 52.4 Å². The van der Waals surface area contributed by atoms with Crippen molar-refractivity contribution < 1.29 is 18.9 Å². The molecule has 0 spiro atoms. The third-order valence-corrected chi connectivity index (χ3v) is 5.61. The molecule has 0 atom stereocenters. The first-order valence-electron chi connectivity index (χ1n) is 10.1. The van der Waals surface area contributed by atoms with Gasteiger partial charge in [-0.15, -0.1) is 0 Å². The Hall–Kier alpha value is -3.36. The van der Waals surface area contributed by atoms with E-state index in [-0.39, 0.29) is 37.4 Å². The van der Waals surface area contributed by atoms with Gasteiger partial charge in [0.2, 0.25) is 11.8 Å². The van der Waals surface area contributed by atoms with Gasteiger partial charge in [0, 0.05) is 31.6 Å². The summed E-state index contributed by atoms with van der Waals surface area (Å²) in [6.07, 6.45) is 1.32. The highest BCUT2D eigenvalue weighted by Gasteiger charge is 2.30. The number of benzene rings is 1. The van der Waals surface area contributed by atoms with Crippen molar-refractivity contribution in [3.05, 3.63) is 40.6 Å². The Bertz CT molecular complexity index is 963. The molecule has 0 aliphatic carbocycles. The summed E-state index contributed by atoms with van der Waals surface area (Å²) in [4.78, 5) is 38.8. The van der Waals surface area contributed by atoms with Gasteiger partial charge in [0.1, 0.15) is 5.76 Å². The number of carbonyl (C=O) groups is 3. The van der Waals surface area contributed by atoms with Gasteiger partial charge in [0.15, 0.2) is 5.82 Å². The SMILES string of the molecule is Cc1cccc(C)c1Nc1noc2c1CN(C(=O)CCCN1C(=O)CNC1=O)CC2. The van der Waals surface area contributed by atoms with Gasteiger partial charge >= 0.3 is 6.03 Å². The van der Waals surface area contributed by atoms with E-state index < -0.39 is 0 Å². The van der Waals surface area contributed by atoms with Crippen LogP contribution in [0.2, 0.25) is 0 Å². The molecule has 9 heteroatoms. The average molecular weight is 411 g/mol. The fraction of sp³-hybridized carbons (Fsp3) is 0.429. The smallest absolute Gasteiger partial charge is 0.324 e. The number of aromatic nitrogens is 1. The van der Waals surface area contributed by atoms with Crippen LogP contribution in [0.3, 0.4) is 0 Å². The summed E-state index contributed by atoms with van der Waals surface area (Å²) in [5.41, 5.74) is 4.10. The molecule has 4 amide bonds. The van der Waals surface area contributed by atoms with Gasteiger partial charge in [0.05, 0.1) is 18.7 Å². The third kappa shape index (κ3) is 3.87. The Balaban J connectivity index is 1.38. The second-order valence-corrected chi connectivity index (χ2v) is 7.70. The van der Waals surface area contributed by atoms with Crippen molar-refractivity contribution in [1.29, 1.82) is 0 Å². The Morgan fingerprint density at radius 2 is 2.03 bits per heavy atom. The molecule has 1 saturated heterocycles. The van der Waals surface area contributed by atoms with E-state index in [0.717, 1.165) is 33.0 Å². The van der Waals surface area contributed by atoms with Gasteiger partial charge in [-0.1, -0.05) is 23.4 Å². The van der Waals surface area contributed by atoms with Crippen LogP contribution < -0.4 is 10.6 Å². The number of hydrogen-bond donors (Lipinski definition) is 2. The predicted octanol–water partition coefficient (Wildman–Crippen LogP) is 2.25. The normalized spacial score (nSPS) is 15.9. The number of amides is 4. The maximum atomic E-state index is 12.7. The average Bonchev–Trinajstić information content (AvgIpc) is 3.28. The second-order valence-electron chi connectivity index (χ2n) is 7.70. The van der Waals surface area contributed by atoms with Crippen LogP contribution in [0.25, 0.3) is 0 Å². The number of anilines is 2.